The lowest BCUT2D eigenvalue weighted by molar-refractivity contribution is 0.577. The van der Waals surface area contributed by atoms with Gasteiger partial charge in [0.25, 0.3) is 0 Å². The molecule has 1 N–H and O–H groups in total. The van der Waals surface area contributed by atoms with Crippen LogP contribution in [0, 0.1) is 12.0 Å². The molecule has 2 rings (SSSR count). The largest absolute Gasteiger partial charge is 0.240 e. The topological polar surface area (TPSA) is 46.2 Å². The molecule has 1 aromatic carbocycles. The van der Waals surface area contributed by atoms with Gasteiger partial charge in [-0.15, -0.1) is 0 Å². The summed E-state index contributed by atoms with van der Waals surface area (Å²) in [4.78, 5) is 0.317. The third kappa shape index (κ3) is 2.33. The van der Waals surface area contributed by atoms with E-state index in [4.69, 9.17) is 0 Å². The highest BCUT2D eigenvalue weighted by Crippen LogP contribution is 2.28. The quantitative estimate of drug-likeness (QED) is 0.811. The van der Waals surface area contributed by atoms with Crippen molar-refractivity contribution in [3.63, 3.8) is 0 Å². The van der Waals surface area contributed by atoms with Crippen molar-refractivity contribution >= 4 is 10.0 Å². The molecule has 1 saturated carbocycles. The van der Waals surface area contributed by atoms with Crippen LogP contribution in [-0.2, 0) is 10.0 Å². The molecule has 1 radical (unpaired) electrons. The van der Waals surface area contributed by atoms with Crippen LogP contribution >= 0.6 is 0 Å². The highest BCUT2D eigenvalue weighted by atomic mass is 32.2. The van der Waals surface area contributed by atoms with Gasteiger partial charge in [0.2, 0.25) is 10.0 Å². The Hall–Kier alpha value is -0.870. The molecule has 0 saturated heterocycles. The first-order chi connectivity index (χ1) is 6.68. The number of hydrogen-bond acceptors (Lipinski definition) is 2. The molecule has 0 bridgehead atoms. The van der Waals surface area contributed by atoms with E-state index in [0.29, 0.717) is 17.4 Å². The Morgan fingerprint density at radius 1 is 1.36 bits per heavy atom. The molecule has 0 unspecified atom stereocenters. The molecule has 4 heteroatoms. The lowest BCUT2D eigenvalue weighted by Gasteiger charge is -2.04. The van der Waals surface area contributed by atoms with Crippen LogP contribution in [0.5, 0.6) is 0 Å². The van der Waals surface area contributed by atoms with E-state index in [1.807, 2.05) is 0 Å². The van der Waals surface area contributed by atoms with Crippen LogP contribution in [0.4, 0.5) is 0 Å². The third-order valence-corrected chi connectivity index (χ3v) is 3.70. The molecule has 1 aromatic rings. The van der Waals surface area contributed by atoms with Crippen molar-refractivity contribution in [2.45, 2.75) is 17.7 Å². The second-order valence-corrected chi connectivity index (χ2v) is 5.30. The number of nitrogens with one attached hydrogen (secondary N) is 1. The zero-order valence-corrected chi connectivity index (χ0v) is 8.55. The van der Waals surface area contributed by atoms with Gasteiger partial charge < -0.3 is 0 Å². The average molecular weight is 210 g/mol. The van der Waals surface area contributed by atoms with E-state index in [1.54, 1.807) is 24.3 Å². The maximum Gasteiger partial charge on any atom is 0.240 e. The summed E-state index contributed by atoms with van der Waals surface area (Å²) >= 11 is 0. The molecule has 1 fully saturated rings. The number of rotatable bonds is 4. The van der Waals surface area contributed by atoms with Crippen LogP contribution < -0.4 is 4.72 Å². The summed E-state index contributed by atoms with van der Waals surface area (Å²) in [6, 6.07) is 9.10. The molecule has 0 aliphatic heterocycles. The van der Waals surface area contributed by atoms with E-state index in [0.717, 1.165) is 12.8 Å². The Labute approximate surface area is 84.2 Å². The average Bonchev–Trinajstić information content (AvgIpc) is 3.00. The van der Waals surface area contributed by atoms with Gasteiger partial charge in [-0.25, -0.2) is 13.1 Å². The SMILES string of the molecule is O=S(=O)(NCC1CC1)c1cc[c]cc1. The van der Waals surface area contributed by atoms with Gasteiger partial charge in [0.05, 0.1) is 4.90 Å². The molecule has 1 aliphatic carbocycles. The Balaban J connectivity index is 2.07. The molecule has 0 heterocycles. The number of sulfonamides is 1. The van der Waals surface area contributed by atoms with Gasteiger partial charge in [-0.05, 0) is 37.0 Å². The predicted molar refractivity (Wildman–Crippen MR) is 53.2 cm³/mol. The van der Waals surface area contributed by atoms with E-state index in [-0.39, 0.29) is 0 Å². The van der Waals surface area contributed by atoms with E-state index in [1.165, 1.54) is 0 Å². The van der Waals surface area contributed by atoms with Crippen molar-refractivity contribution in [2.24, 2.45) is 5.92 Å². The van der Waals surface area contributed by atoms with Crippen LogP contribution in [0.15, 0.2) is 29.2 Å². The fourth-order valence-corrected chi connectivity index (χ4v) is 2.30. The van der Waals surface area contributed by atoms with Crippen molar-refractivity contribution < 1.29 is 8.42 Å². The molecule has 0 atom stereocenters. The summed E-state index contributed by atoms with van der Waals surface area (Å²) in [6.07, 6.45) is 2.29. The zero-order chi connectivity index (χ0) is 10.0. The van der Waals surface area contributed by atoms with Crippen molar-refractivity contribution in [1.82, 2.24) is 4.72 Å². The van der Waals surface area contributed by atoms with Crippen molar-refractivity contribution in [3.8, 4) is 0 Å². The second-order valence-electron chi connectivity index (χ2n) is 3.53. The second kappa shape index (κ2) is 3.71. The molecule has 0 aromatic heterocycles. The monoisotopic (exact) mass is 210 g/mol. The smallest absolute Gasteiger partial charge is 0.211 e. The molecular formula is C10H12NO2S. The van der Waals surface area contributed by atoms with Gasteiger partial charge in [0, 0.05) is 6.54 Å². The van der Waals surface area contributed by atoms with Gasteiger partial charge >= 0.3 is 0 Å². The van der Waals surface area contributed by atoms with Gasteiger partial charge in [-0.1, -0.05) is 12.1 Å². The fourth-order valence-electron chi connectivity index (χ4n) is 1.18. The van der Waals surface area contributed by atoms with Gasteiger partial charge in [0.1, 0.15) is 0 Å². The highest BCUT2D eigenvalue weighted by Gasteiger charge is 2.23. The minimum atomic E-state index is -3.29. The minimum absolute atomic E-state index is 0.317. The number of benzene rings is 1. The molecule has 0 spiro atoms. The van der Waals surface area contributed by atoms with Crippen molar-refractivity contribution in [1.29, 1.82) is 0 Å². The maximum atomic E-state index is 11.6. The van der Waals surface area contributed by atoms with E-state index >= 15 is 0 Å². The molecule has 3 nitrogen and oxygen atoms in total. The normalized spacial score (nSPS) is 16.9. The molecule has 1 aliphatic rings. The summed E-state index contributed by atoms with van der Waals surface area (Å²) in [6.45, 7) is 0.570. The summed E-state index contributed by atoms with van der Waals surface area (Å²) in [7, 11) is -3.29. The summed E-state index contributed by atoms with van der Waals surface area (Å²) in [5.74, 6) is 0.556. The predicted octanol–water partition coefficient (Wildman–Crippen LogP) is 1.18. The van der Waals surface area contributed by atoms with Gasteiger partial charge in [0.15, 0.2) is 0 Å². The molecular weight excluding hydrogens is 198 g/mol. The Kier molecular flexibility index (Phi) is 2.56. The van der Waals surface area contributed by atoms with Crippen LogP contribution in [-0.4, -0.2) is 15.0 Å². The first-order valence-corrected chi connectivity index (χ1v) is 6.12. The minimum Gasteiger partial charge on any atom is -0.211 e. The lowest BCUT2D eigenvalue weighted by atomic mass is 10.4. The summed E-state index contributed by atoms with van der Waals surface area (Å²) in [5, 5.41) is 0. The van der Waals surface area contributed by atoms with E-state index in [2.05, 4.69) is 10.8 Å². The third-order valence-electron chi connectivity index (χ3n) is 2.26. The molecule has 14 heavy (non-hydrogen) atoms. The Morgan fingerprint density at radius 3 is 2.57 bits per heavy atom. The Morgan fingerprint density at radius 2 is 2.00 bits per heavy atom. The molecule has 0 amide bonds. The standard InChI is InChI=1S/C10H12NO2S/c12-14(13,11-8-9-6-7-9)10-4-2-1-3-5-10/h2-5,9,11H,6-8H2. The van der Waals surface area contributed by atoms with Crippen molar-refractivity contribution in [2.75, 3.05) is 6.54 Å². The van der Waals surface area contributed by atoms with Crippen molar-refractivity contribution in [3.05, 3.63) is 30.3 Å². The zero-order valence-electron chi connectivity index (χ0n) is 7.73. The fraction of sp³-hybridized carbons (Fsp3) is 0.400. The van der Waals surface area contributed by atoms with Gasteiger partial charge in [-0.2, -0.15) is 0 Å². The summed E-state index contributed by atoms with van der Waals surface area (Å²) < 4.78 is 25.9. The van der Waals surface area contributed by atoms with E-state index < -0.39 is 10.0 Å². The maximum absolute atomic E-state index is 11.6. The van der Waals surface area contributed by atoms with Crippen LogP contribution in [0.3, 0.4) is 0 Å². The first kappa shape index (κ1) is 9.68. The van der Waals surface area contributed by atoms with Crippen LogP contribution in [0.25, 0.3) is 0 Å². The number of hydrogen-bond donors (Lipinski definition) is 1. The highest BCUT2D eigenvalue weighted by molar-refractivity contribution is 7.89. The van der Waals surface area contributed by atoms with Crippen LogP contribution in [0.1, 0.15) is 12.8 Å². The molecule has 75 valence electrons. The lowest BCUT2D eigenvalue weighted by Crippen LogP contribution is -2.25. The first-order valence-electron chi connectivity index (χ1n) is 4.64. The van der Waals surface area contributed by atoms with Crippen LogP contribution in [0.2, 0.25) is 0 Å². The summed E-state index contributed by atoms with van der Waals surface area (Å²) in [5.41, 5.74) is 0. The van der Waals surface area contributed by atoms with Gasteiger partial charge in [-0.3, -0.25) is 0 Å². The Bertz CT molecular complexity index is 395. The van der Waals surface area contributed by atoms with E-state index in [9.17, 15) is 8.42 Å².